The van der Waals surface area contributed by atoms with Crippen LogP contribution in [0.3, 0.4) is 0 Å². The summed E-state index contributed by atoms with van der Waals surface area (Å²) in [5.41, 5.74) is 3.74. The van der Waals surface area contributed by atoms with Gasteiger partial charge < -0.3 is 19.1 Å². The maximum Gasteiger partial charge on any atom is 0.263 e. The molecule has 1 amide bonds. The Labute approximate surface area is 324 Å². The molecule has 1 saturated carbocycles. The van der Waals surface area contributed by atoms with E-state index in [-0.39, 0.29) is 16.6 Å². The van der Waals surface area contributed by atoms with Crippen LogP contribution < -0.4 is 14.4 Å². The fourth-order valence-electron chi connectivity index (χ4n) is 10.1. The number of allylic oxidation sites excluding steroid dienone is 1. The van der Waals surface area contributed by atoms with Crippen molar-refractivity contribution in [2.45, 2.75) is 80.6 Å². The molecule has 1 spiro atoms. The first kappa shape index (κ1) is 38.8. The molecule has 6 aliphatic rings. The molecule has 2 aliphatic carbocycles. The van der Waals surface area contributed by atoms with Crippen LogP contribution in [0, 0.1) is 11.8 Å². The number of benzene rings is 2. The molecule has 0 radical (unpaired) electrons. The number of ether oxygens (including phenoxy) is 3. The predicted octanol–water partition coefficient (Wildman–Crippen LogP) is 5.96. The van der Waals surface area contributed by atoms with Crippen LogP contribution in [-0.4, -0.2) is 116 Å². The van der Waals surface area contributed by atoms with E-state index in [0.717, 1.165) is 122 Å². The van der Waals surface area contributed by atoms with Crippen molar-refractivity contribution in [1.82, 2.24) is 14.5 Å². The first-order chi connectivity index (χ1) is 25.9. The summed E-state index contributed by atoms with van der Waals surface area (Å²) in [5.74, 6) is 1.29. The Morgan fingerprint density at radius 2 is 1.94 bits per heavy atom. The molecule has 3 fully saturated rings. The van der Waals surface area contributed by atoms with Gasteiger partial charge in [-0.25, -0.2) is 4.21 Å². The maximum atomic E-state index is 13.6. The molecule has 1 N–H and O–H groups in total. The van der Waals surface area contributed by atoms with Crippen molar-refractivity contribution in [3.8, 4) is 5.75 Å². The minimum absolute atomic E-state index is 0.133. The van der Waals surface area contributed by atoms with Crippen molar-refractivity contribution < 1.29 is 23.2 Å². The van der Waals surface area contributed by atoms with Crippen molar-refractivity contribution in [2.24, 2.45) is 11.8 Å². The van der Waals surface area contributed by atoms with Crippen LogP contribution in [0.5, 0.6) is 5.75 Å². The van der Waals surface area contributed by atoms with E-state index >= 15 is 0 Å². The lowest BCUT2D eigenvalue weighted by Gasteiger charge is -2.53. The summed E-state index contributed by atoms with van der Waals surface area (Å²) in [6.07, 6.45) is 13.9. The van der Waals surface area contributed by atoms with E-state index in [2.05, 4.69) is 74.4 Å². The van der Waals surface area contributed by atoms with Crippen molar-refractivity contribution in [1.29, 1.82) is 0 Å². The number of morpholine rings is 1. The lowest BCUT2D eigenvalue weighted by Crippen LogP contribution is -2.62. The molecule has 11 heteroatoms. The number of carbonyl (C=O) groups is 1. The van der Waals surface area contributed by atoms with Crippen molar-refractivity contribution in [3.05, 3.63) is 71.3 Å². The van der Waals surface area contributed by atoms with Gasteiger partial charge in [-0.1, -0.05) is 43.3 Å². The Balaban J connectivity index is 0.00000214. The van der Waals surface area contributed by atoms with Gasteiger partial charge in [0.15, 0.2) is 0 Å². The molecule has 2 saturated heterocycles. The number of nitrogens with one attached hydrogen (secondary N) is 1. The number of nitrogens with zero attached hydrogens (tertiary/aromatic N) is 3. The van der Waals surface area contributed by atoms with E-state index in [9.17, 15) is 9.00 Å². The second-order valence-corrected chi connectivity index (χ2v) is 17.4. The highest BCUT2D eigenvalue weighted by Gasteiger charge is 2.50. The Morgan fingerprint density at radius 1 is 1.08 bits per heavy atom. The van der Waals surface area contributed by atoms with Gasteiger partial charge in [0.05, 0.1) is 30.8 Å². The Morgan fingerprint density at radius 3 is 2.75 bits per heavy atom. The molecular weight excluding hydrogens is 708 g/mol. The monoisotopic (exact) mass is 766 g/mol. The third-order valence-corrected chi connectivity index (χ3v) is 14.7. The minimum atomic E-state index is -1.50. The molecule has 4 aliphatic heterocycles. The lowest BCUT2D eigenvalue weighted by atomic mass is 9.63. The first-order valence-corrected chi connectivity index (χ1v) is 21.8. The van der Waals surface area contributed by atoms with Crippen LogP contribution in [-0.2, 0) is 32.3 Å². The maximum absolute atomic E-state index is 13.6. The fourth-order valence-corrected chi connectivity index (χ4v) is 11.2. The molecule has 8 rings (SSSR count). The molecule has 7 atom stereocenters. The number of piperazine rings is 1. The number of aryl methyl sites for hydroxylation is 1. The summed E-state index contributed by atoms with van der Waals surface area (Å²) in [6, 6.07) is 15.2. The van der Waals surface area contributed by atoms with Crippen molar-refractivity contribution >= 4 is 34.2 Å². The molecule has 0 aromatic heterocycles. The number of amides is 1. The van der Waals surface area contributed by atoms with Crippen LogP contribution in [0.1, 0.15) is 73.4 Å². The highest BCUT2D eigenvalue weighted by Crippen LogP contribution is 2.49. The SMILES string of the molecule is CCC1CC/C=C/[C@@](CN2CCN3CCOCC3C2)(OC)C2CCC2CN2C[C@@]3(CCCc4ccccc43)COc3ccc(cc32)C(=O)NS1=O.CCl. The first-order valence-electron chi connectivity index (χ1n) is 19.9. The van der Waals surface area contributed by atoms with E-state index in [0.29, 0.717) is 30.0 Å². The molecule has 5 unspecified atom stereocenters. The molecule has 4 heterocycles. The van der Waals surface area contributed by atoms with E-state index < -0.39 is 16.6 Å². The van der Waals surface area contributed by atoms with Gasteiger partial charge in [-0.3, -0.25) is 19.3 Å². The van der Waals surface area contributed by atoms with Crippen LogP contribution in [0.25, 0.3) is 0 Å². The Hall–Kier alpha value is -2.47. The second kappa shape index (κ2) is 17.1. The number of rotatable bonds is 4. The van der Waals surface area contributed by atoms with Crippen LogP contribution in [0.15, 0.2) is 54.6 Å². The summed E-state index contributed by atoms with van der Waals surface area (Å²) in [4.78, 5) is 21.4. The number of fused-ring (bicyclic) bond motifs is 5. The predicted molar refractivity (Wildman–Crippen MR) is 214 cm³/mol. The van der Waals surface area contributed by atoms with E-state index in [1.807, 2.05) is 25.3 Å². The molecule has 2 bridgehead atoms. The van der Waals surface area contributed by atoms with Gasteiger partial charge in [0.1, 0.15) is 22.3 Å². The third kappa shape index (κ3) is 7.96. The number of methoxy groups -OCH3 is 1. The fraction of sp³-hybridized carbons (Fsp3) is 0.643. The Kier molecular flexibility index (Phi) is 12.5. The molecule has 2 aromatic carbocycles. The number of carbonyl (C=O) groups excluding carboxylic acids is 1. The molecule has 53 heavy (non-hydrogen) atoms. The summed E-state index contributed by atoms with van der Waals surface area (Å²) < 4.78 is 35.8. The third-order valence-electron chi connectivity index (χ3n) is 13.1. The van der Waals surface area contributed by atoms with Crippen molar-refractivity contribution in [2.75, 3.05) is 84.0 Å². The standard InChI is InChI=1S/C41H56N4O5S.CH3Cl/c1-3-34-11-6-7-18-41(48-2,28-43-19-20-44-21-22-49-26-33(44)25-43)36-15-13-32(36)24-45-27-40(17-8-10-30-9-4-5-12-35(30)40)29-50-38-16-14-31(23-37(38)45)39(46)42-51(34)47;1-2/h4-5,7,9,12,14,16,18,23,32-34,36H,3,6,8,10-11,13,15,17,19-22,24-29H2,1-2H3,(H,42,46);1H3/b18-7+;/t32?,33?,34?,36?,40-,41-,51?;/m0./s1. The summed E-state index contributed by atoms with van der Waals surface area (Å²) in [5, 5.41) is -0.133. The topological polar surface area (TPSA) is 83.6 Å². The molecule has 290 valence electrons. The zero-order chi connectivity index (χ0) is 37.0. The van der Waals surface area contributed by atoms with E-state index in [1.165, 1.54) is 17.5 Å². The second-order valence-electron chi connectivity index (χ2n) is 16.0. The van der Waals surface area contributed by atoms with Crippen LogP contribution in [0.4, 0.5) is 5.69 Å². The van der Waals surface area contributed by atoms with Crippen LogP contribution >= 0.6 is 11.6 Å². The zero-order valence-corrected chi connectivity index (χ0v) is 33.5. The minimum Gasteiger partial charge on any atom is -0.490 e. The largest absolute Gasteiger partial charge is 0.490 e. The van der Waals surface area contributed by atoms with E-state index in [4.69, 9.17) is 14.2 Å². The molecule has 9 nitrogen and oxygen atoms in total. The molecule has 2 aromatic rings. The number of hydrogen-bond acceptors (Lipinski definition) is 8. The zero-order valence-electron chi connectivity index (χ0n) is 31.9. The average Bonchev–Trinajstić information content (AvgIpc) is 3.33. The molecular formula is C42H59ClN4O5S. The Bertz CT molecular complexity index is 1640. The number of hydrogen-bond donors (Lipinski definition) is 1. The highest BCUT2D eigenvalue weighted by atomic mass is 35.5. The summed E-state index contributed by atoms with van der Waals surface area (Å²) in [6.45, 7) is 11.0. The van der Waals surface area contributed by atoms with Gasteiger partial charge in [-0.2, -0.15) is 0 Å². The highest BCUT2D eigenvalue weighted by molar-refractivity contribution is 7.84. The van der Waals surface area contributed by atoms with Gasteiger partial charge in [0.2, 0.25) is 0 Å². The van der Waals surface area contributed by atoms with Crippen LogP contribution in [0.2, 0.25) is 0 Å². The van der Waals surface area contributed by atoms with Gasteiger partial charge in [0, 0.05) is 76.3 Å². The van der Waals surface area contributed by atoms with Crippen molar-refractivity contribution in [3.63, 3.8) is 0 Å². The summed E-state index contributed by atoms with van der Waals surface area (Å²) in [7, 11) is 0.414. The van der Waals surface area contributed by atoms with Gasteiger partial charge in [-0.05, 0) is 92.5 Å². The van der Waals surface area contributed by atoms with E-state index in [1.54, 1.807) is 0 Å². The number of anilines is 1. The normalized spacial score (nSPS) is 34.1. The number of halogens is 1. The quantitative estimate of drug-likeness (QED) is 0.302. The van der Waals surface area contributed by atoms with Gasteiger partial charge >= 0.3 is 0 Å². The smallest absolute Gasteiger partial charge is 0.263 e. The summed E-state index contributed by atoms with van der Waals surface area (Å²) >= 11 is 4.64. The van der Waals surface area contributed by atoms with Gasteiger partial charge in [0.25, 0.3) is 5.91 Å². The lowest BCUT2D eigenvalue weighted by molar-refractivity contribution is -0.108. The average molecular weight is 767 g/mol. The van der Waals surface area contributed by atoms with Gasteiger partial charge in [-0.15, -0.1) is 11.6 Å². The number of alkyl halides is 1.